The van der Waals surface area contributed by atoms with Crippen molar-refractivity contribution < 1.29 is 14.9 Å². The number of rotatable bonds is 4. The maximum atomic E-state index is 12.3. The summed E-state index contributed by atoms with van der Waals surface area (Å²) in [5.41, 5.74) is 8.46. The van der Waals surface area contributed by atoms with E-state index in [2.05, 4.69) is 20.3 Å². The van der Waals surface area contributed by atoms with Gasteiger partial charge in [-0.2, -0.15) is 4.98 Å². The SMILES string of the molecule is Cc1ccc(C)c(Nc2nc3c(=O)[nH]c(N)nc3n2[C@H]2C[C@H](O)[C@@H](CO)O2)c1. The minimum absolute atomic E-state index is 0.0470. The number of benzene rings is 1. The number of aryl methyl sites for hydroxylation is 2. The summed E-state index contributed by atoms with van der Waals surface area (Å²) in [6, 6.07) is 5.94. The molecule has 0 aliphatic carbocycles. The highest BCUT2D eigenvalue weighted by Crippen LogP contribution is 2.34. The number of nitrogen functional groups attached to an aromatic ring is 1. The zero-order valence-corrected chi connectivity index (χ0v) is 15.5. The van der Waals surface area contributed by atoms with E-state index >= 15 is 0 Å². The third-order valence-corrected chi connectivity index (χ3v) is 4.88. The summed E-state index contributed by atoms with van der Waals surface area (Å²) in [7, 11) is 0. The molecule has 3 atom stereocenters. The van der Waals surface area contributed by atoms with E-state index < -0.39 is 24.0 Å². The minimum atomic E-state index is -0.847. The van der Waals surface area contributed by atoms with Crippen LogP contribution in [0, 0.1) is 13.8 Å². The van der Waals surface area contributed by atoms with Crippen LogP contribution in [-0.4, -0.2) is 48.5 Å². The third-order valence-electron chi connectivity index (χ3n) is 4.88. The molecule has 1 aliphatic rings. The quantitative estimate of drug-likeness (QED) is 0.439. The molecule has 1 aliphatic heterocycles. The van der Waals surface area contributed by atoms with Crippen LogP contribution in [0.3, 0.4) is 0 Å². The number of hydrogen-bond acceptors (Lipinski definition) is 8. The lowest BCUT2D eigenvalue weighted by Gasteiger charge is -2.18. The van der Waals surface area contributed by atoms with Crippen molar-refractivity contribution >= 4 is 28.7 Å². The highest BCUT2D eigenvalue weighted by molar-refractivity contribution is 5.76. The fourth-order valence-electron chi connectivity index (χ4n) is 3.39. The van der Waals surface area contributed by atoms with Crippen molar-refractivity contribution in [2.24, 2.45) is 0 Å². The average Bonchev–Trinajstić information content (AvgIpc) is 3.18. The summed E-state index contributed by atoms with van der Waals surface area (Å²) in [5, 5.41) is 22.8. The third kappa shape index (κ3) is 3.11. The molecule has 0 bridgehead atoms. The van der Waals surface area contributed by atoms with Crippen LogP contribution in [0.15, 0.2) is 23.0 Å². The Morgan fingerprint density at radius 3 is 2.89 bits per heavy atom. The summed E-state index contributed by atoms with van der Waals surface area (Å²) in [6.07, 6.45) is -2.03. The van der Waals surface area contributed by atoms with Gasteiger partial charge in [-0.1, -0.05) is 12.1 Å². The Bertz CT molecular complexity index is 1090. The van der Waals surface area contributed by atoms with Crippen LogP contribution in [0.4, 0.5) is 17.6 Å². The summed E-state index contributed by atoms with van der Waals surface area (Å²) in [6.45, 7) is 3.61. The van der Waals surface area contributed by atoms with Crippen LogP contribution in [0.25, 0.3) is 11.2 Å². The Labute approximate surface area is 160 Å². The van der Waals surface area contributed by atoms with Gasteiger partial charge in [0.05, 0.1) is 12.7 Å². The van der Waals surface area contributed by atoms with E-state index in [-0.39, 0.29) is 30.1 Å². The second-order valence-electron chi connectivity index (χ2n) is 6.99. The molecule has 28 heavy (non-hydrogen) atoms. The first kappa shape index (κ1) is 18.4. The fourth-order valence-corrected chi connectivity index (χ4v) is 3.39. The number of aromatic amines is 1. The van der Waals surface area contributed by atoms with Crippen molar-refractivity contribution in [1.29, 1.82) is 0 Å². The van der Waals surface area contributed by atoms with E-state index in [0.717, 1.165) is 16.8 Å². The maximum Gasteiger partial charge on any atom is 0.280 e. The lowest BCUT2D eigenvalue weighted by atomic mass is 10.1. The number of aliphatic hydroxyl groups excluding tert-OH is 2. The molecule has 4 rings (SSSR count). The zero-order chi connectivity index (χ0) is 20.0. The zero-order valence-electron chi connectivity index (χ0n) is 15.5. The van der Waals surface area contributed by atoms with Crippen LogP contribution >= 0.6 is 0 Å². The van der Waals surface area contributed by atoms with Gasteiger partial charge in [0.2, 0.25) is 11.9 Å². The van der Waals surface area contributed by atoms with Crippen molar-refractivity contribution in [3.8, 4) is 0 Å². The normalized spacial score (nSPS) is 22.1. The van der Waals surface area contributed by atoms with Gasteiger partial charge in [-0.25, -0.2) is 4.98 Å². The van der Waals surface area contributed by atoms with Crippen molar-refractivity contribution in [2.45, 2.75) is 38.7 Å². The van der Waals surface area contributed by atoms with Gasteiger partial charge in [0.15, 0.2) is 11.2 Å². The molecule has 10 heteroatoms. The van der Waals surface area contributed by atoms with Crippen LogP contribution in [0.1, 0.15) is 23.8 Å². The van der Waals surface area contributed by atoms with Gasteiger partial charge in [-0.15, -0.1) is 0 Å². The smallest absolute Gasteiger partial charge is 0.280 e. The number of aliphatic hydroxyl groups is 2. The number of H-pyrrole nitrogens is 1. The maximum absolute atomic E-state index is 12.3. The van der Waals surface area contributed by atoms with Crippen molar-refractivity contribution in [2.75, 3.05) is 17.7 Å². The Hall–Kier alpha value is -2.95. The van der Waals surface area contributed by atoms with E-state index in [4.69, 9.17) is 10.5 Å². The number of hydrogen-bond donors (Lipinski definition) is 5. The number of fused-ring (bicyclic) bond motifs is 1. The van der Waals surface area contributed by atoms with E-state index in [1.165, 1.54) is 0 Å². The predicted molar refractivity (Wildman–Crippen MR) is 103 cm³/mol. The standard InChI is InChI=1S/C18H22N6O4/c1-8-3-4-9(2)10(5-8)20-18-21-14-15(22-17(19)23-16(14)27)24(18)13-6-11(26)12(7-25)28-13/h3-5,11-13,25-26H,6-7H2,1-2H3,(H,20,21)(H3,19,22,23,27)/t11-,12+,13+/m0/s1. The Kier molecular flexibility index (Phi) is 4.53. The van der Waals surface area contributed by atoms with Crippen LogP contribution in [0.2, 0.25) is 0 Å². The largest absolute Gasteiger partial charge is 0.394 e. The van der Waals surface area contributed by atoms with E-state index in [1.807, 2.05) is 32.0 Å². The number of nitrogens with one attached hydrogen (secondary N) is 2. The van der Waals surface area contributed by atoms with Gasteiger partial charge in [0, 0.05) is 12.1 Å². The van der Waals surface area contributed by atoms with Crippen LogP contribution < -0.4 is 16.6 Å². The van der Waals surface area contributed by atoms with Gasteiger partial charge in [0.1, 0.15) is 12.3 Å². The Morgan fingerprint density at radius 1 is 1.39 bits per heavy atom. The molecule has 6 N–H and O–H groups in total. The molecule has 2 aromatic heterocycles. The molecule has 0 unspecified atom stereocenters. The lowest BCUT2D eigenvalue weighted by molar-refractivity contribution is -0.0425. The van der Waals surface area contributed by atoms with Crippen molar-refractivity contribution in [1.82, 2.24) is 19.5 Å². The predicted octanol–water partition coefficient (Wildman–Crippen LogP) is 0.703. The fraction of sp³-hybridized carbons (Fsp3) is 0.389. The van der Waals surface area contributed by atoms with E-state index in [1.54, 1.807) is 4.57 Å². The summed E-state index contributed by atoms with van der Waals surface area (Å²) in [4.78, 5) is 23.4. The molecule has 0 amide bonds. The molecule has 1 saturated heterocycles. The minimum Gasteiger partial charge on any atom is -0.394 e. The highest BCUT2D eigenvalue weighted by Gasteiger charge is 2.37. The molecule has 0 spiro atoms. The van der Waals surface area contributed by atoms with Gasteiger partial charge >= 0.3 is 0 Å². The van der Waals surface area contributed by atoms with Crippen molar-refractivity contribution in [3.05, 3.63) is 39.7 Å². The molecule has 3 aromatic rings. The molecule has 0 saturated carbocycles. The van der Waals surface area contributed by atoms with Gasteiger partial charge in [-0.05, 0) is 31.0 Å². The Balaban J connectivity index is 1.87. The molecule has 1 fully saturated rings. The molecule has 1 aromatic carbocycles. The number of anilines is 3. The number of aromatic nitrogens is 4. The molecule has 0 radical (unpaired) electrons. The van der Waals surface area contributed by atoms with Gasteiger partial charge in [0.25, 0.3) is 5.56 Å². The summed E-state index contributed by atoms with van der Waals surface area (Å²) < 4.78 is 7.38. The molecular formula is C18H22N6O4. The van der Waals surface area contributed by atoms with Gasteiger partial charge < -0.3 is 26.0 Å². The number of nitrogens with zero attached hydrogens (tertiary/aromatic N) is 3. The number of imidazole rings is 1. The average molecular weight is 386 g/mol. The van der Waals surface area contributed by atoms with Crippen molar-refractivity contribution in [3.63, 3.8) is 0 Å². The molecule has 10 nitrogen and oxygen atoms in total. The topological polar surface area (TPSA) is 151 Å². The second-order valence-corrected chi connectivity index (χ2v) is 6.99. The summed E-state index contributed by atoms with van der Waals surface area (Å²) >= 11 is 0. The monoisotopic (exact) mass is 386 g/mol. The molecular weight excluding hydrogens is 364 g/mol. The Morgan fingerprint density at radius 2 is 2.18 bits per heavy atom. The van der Waals surface area contributed by atoms with Gasteiger partial charge in [-0.3, -0.25) is 14.3 Å². The first-order valence-electron chi connectivity index (χ1n) is 8.93. The lowest BCUT2D eigenvalue weighted by Crippen LogP contribution is -2.24. The van der Waals surface area contributed by atoms with E-state index in [9.17, 15) is 15.0 Å². The highest BCUT2D eigenvalue weighted by atomic mass is 16.5. The number of nitrogens with two attached hydrogens (primary N) is 1. The van der Waals surface area contributed by atoms with E-state index in [0.29, 0.717) is 5.95 Å². The second kappa shape index (κ2) is 6.89. The number of ether oxygens (including phenoxy) is 1. The van der Waals surface area contributed by atoms with Crippen LogP contribution in [0.5, 0.6) is 0 Å². The first-order valence-corrected chi connectivity index (χ1v) is 8.93. The molecule has 148 valence electrons. The molecule has 3 heterocycles. The first-order chi connectivity index (χ1) is 13.4. The van der Waals surface area contributed by atoms with Crippen LogP contribution in [-0.2, 0) is 4.74 Å². The summed E-state index contributed by atoms with van der Waals surface area (Å²) in [5.74, 6) is 0.289.